The smallest absolute Gasteiger partial charge is 0.253 e. The lowest BCUT2D eigenvalue weighted by molar-refractivity contribution is -0.126. The Hall–Kier alpha value is -1.57. The van der Waals surface area contributed by atoms with Gasteiger partial charge in [0.15, 0.2) is 0 Å². The third kappa shape index (κ3) is 6.52. The summed E-state index contributed by atoms with van der Waals surface area (Å²) in [6.45, 7) is 0.751. The average molecular weight is 435 g/mol. The molecule has 27 heavy (non-hydrogen) atoms. The monoisotopic (exact) mass is 433 g/mol. The topological polar surface area (TPSA) is 86.5 Å². The summed E-state index contributed by atoms with van der Waals surface area (Å²) in [6, 6.07) is 10.7. The average Bonchev–Trinajstić information content (AvgIpc) is 3.11. The summed E-state index contributed by atoms with van der Waals surface area (Å²) >= 11 is 6.24. The number of pyridine rings is 1. The number of aromatic nitrogens is 1. The molecule has 0 radical (unpaired) electrons. The molecule has 2 heterocycles. The van der Waals surface area contributed by atoms with Crippen LogP contribution in [0.15, 0.2) is 42.6 Å². The van der Waals surface area contributed by atoms with E-state index in [0.717, 1.165) is 12.1 Å². The molecule has 0 saturated carbocycles. The molecule has 1 aliphatic heterocycles. The van der Waals surface area contributed by atoms with E-state index in [1.807, 2.05) is 18.2 Å². The van der Waals surface area contributed by atoms with Crippen LogP contribution in [-0.4, -0.2) is 29.6 Å². The van der Waals surface area contributed by atoms with E-state index in [1.165, 1.54) is 0 Å². The van der Waals surface area contributed by atoms with Gasteiger partial charge in [0.2, 0.25) is 0 Å². The molecule has 1 aromatic carbocycles. The van der Waals surface area contributed by atoms with E-state index < -0.39 is 6.10 Å². The van der Waals surface area contributed by atoms with E-state index in [1.54, 1.807) is 24.4 Å². The fraction of sp³-hybridized carbons (Fsp3) is 0.333. The number of halogens is 3. The molecule has 3 rings (SSSR count). The van der Waals surface area contributed by atoms with Crippen LogP contribution in [0.1, 0.15) is 18.5 Å². The lowest BCUT2D eigenvalue weighted by atomic mass is 10.2. The number of nitrogens with zero attached hydrogens (tertiary/aromatic N) is 1. The lowest BCUT2D eigenvalue weighted by Gasteiger charge is -2.14. The highest BCUT2D eigenvalue weighted by Gasteiger charge is 2.29. The van der Waals surface area contributed by atoms with Crippen LogP contribution in [-0.2, 0) is 16.1 Å². The highest BCUT2D eigenvalue weighted by molar-refractivity contribution is 6.32. The van der Waals surface area contributed by atoms with Gasteiger partial charge in [0.1, 0.15) is 18.5 Å². The predicted octanol–water partition coefficient (Wildman–Crippen LogP) is 3.60. The van der Waals surface area contributed by atoms with Crippen molar-refractivity contribution in [1.82, 2.24) is 4.98 Å². The van der Waals surface area contributed by atoms with Crippen LogP contribution in [0.2, 0.25) is 5.02 Å². The van der Waals surface area contributed by atoms with E-state index in [4.69, 9.17) is 26.8 Å². The summed E-state index contributed by atoms with van der Waals surface area (Å²) in [5.74, 6) is 0.347. The summed E-state index contributed by atoms with van der Waals surface area (Å²) in [7, 11) is 0. The number of benzene rings is 1. The number of ether oxygens (including phenoxy) is 2. The first-order valence-corrected chi connectivity index (χ1v) is 8.52. The fourth-order valence-corrected chi connectivity index (χ4v) is 2.86. The Labute approximate surface area is 175 Å². The van der Waals surface area contributed by atoms with Gasteiger partial charge in [0.05, 0.1) is 16.8 Å². The summed E-state index contributed by atoms with van der Waals surface area (Å²) in [5, 5.41) is 3.23. The minimum absolute atomic E-state index is 0. The fourth-order valence-electron chi connectivity index (χ4n) is 2.63. The maximum atomic E-state index is 12.2. The third-order valence-corrected chi connectivity index (χ3v) is 4.26. The van der Waals surface area contributed by atoms with Crippen LogP contribution in [0.5, 0.6) is 5.75 Å². The minimum atomic E-state index is -0.465. The summed E-state index contributed by atoms with van der Waals surface area (Å²) in [6.07, 6.45) is 2.68. The number of carbonyl (C=O) groups excluding carboxylic acids is 1. The Morgan fingerprint density at radius 1 is 1.30 bits per heavy atom. The van der Waals surface area contributed by atoms with Crippen LogP contribution >= 0.6 is 36.4 Å². The predicted molar refractivity (Wildman–Crippen MR) is 110 cm³/mol. The first-order valence-electron chi connectivity index (χ1n) is 8.14. The first-order chi connectivity index (χ1) is 12.2. The van der Waals surface area contributed by atoms with Gasteiger partial charge >= 0.3 is 0 Å². The van der Waals surface area contributed by atoms with Gasteiger partial charge in [-0.05, 0) is 43.2 Å². The lowest BCUT2D eigenvalue weighted by Crippen LogP contribution is -2.29. The van der Waals surface area contributed by atoms with Gasteiger partial charge in [-0.15, -0.1) is 24.8 Å². The van der Waals surface area contributed by atoms with Crippen LogP contribution in [0.3, 0.4) is 0 Å². The van der Waals surface area contributed by atoms with Crippen molar-refractivity contribution in [2.75, 3.05) is 11.9 Å². The normalized spacial score (nSPS) is 18.1. The molecule has 1 fully saturated rings. The third-order valence-electron chi connectivity index (χ3n) is 3.96. The zero-order valence-corrected chi connectivity index (χ0v) is 16.9. The van der Waals surface area contributed by atoms with Crippen molar-refractivity contribution in [3.8, 4) is 5.75 Å². The second-order valence-electron chi connectivity index (χ2n) is 5.80. The van der Waals surface area contributed by atoms with Gasteiger partial charge in [0, 0.05) is 18.4 Å². The Morgan fingerprint density at radius 3 is 2.74 bits per heavy atom. The van der Waals surface area contributed by atoms with E-state index >= 15 is 0 Å². The highest BCUT2D eigenvalue weighted by Crippen LogP contribution is 2.29. The van der Waals surface area contributed by atoms with Crippen LogP contribution in [0.4, 0.5) is 5.69 Å². The molecule has 1 aliphatic rings. The second-order valence-corrected chi connectivity index (χ2v) is 6.21. The molecule has 0 bridgehead atoms. The Balaban J connectivity index is 0.00000182. The molecule has 1 amide bonds. The van der Waals surface area contributed by atoms with Gasteiger partial charge in [-0.25, -0.2) is 0 Å². The van der Waals surface area contributed by atoms with E-state index in [-0.39, 0.29) is 36.8 Å². The van der Waals surface area contributed by atoms with Crippen molar-refractivity contribution in [2.24, 2.45) is 5.73 Å². The number of amides is 1. The Bertz CT molecular complexity index is 734. The highest BCUT2D eigenvalue weighted by atomic mass is 35.5. The molecule has 2 atom stereocenters. The van der Waals surface area contributed by atoms with Crippen molar-refractivity contribution >= 4 is 48.0 Å². The molecule has 1 aromatic heterocycles. The zero-order valence-electron chi connectivity index (χ0n) is 14.5. The molecule has 2 aromatic rings. The van der Waals surface area contributed by atoms with Gasteiger partial charge in [0.25, 0.3) is 5.91 Å². The molecular weight excluding hydrogens is 413 g/mol. The van der Waals surface area contributed by atoms with E-state index in [0.29, 0.717) is 36.0 Å². The molecule has 1 saturated heterocycles. The largest absolute Gasteiger partial charge is 0.486 e. The van der Waals surface area contributed by atoms with E-state index in [2.05, 4.69) is 10.3 Å². The standard InChI is InChI=1S/C18H20ClN3O3.2ClH/c19-15-9-12(22-18(23)17-7-5-14(10-20)25-17)4-6-16(15)24-11-13-3-1-2-8-21-13;;/h1-4,6,8-9,14,17H,5,7,10-11,20H2,(H,22,23);2*1H/t14-,17+;;/m1../s1. The SMILES string of the molecule is Cl.Cl.NC[C@H]1CC[C@@H](C(=O)Nc2ccc(OCc3ccccn3)c(Cl)c2)O1. The number of anilines is 1. The molecular formula is C18H22Cl3N3O3. The maximum absolute atomic E-state index is 12.2. The van der Waals surface area contributed by atoms with Crippen LogP contribution in [0.25, 0.3) is 0 Å². The number of rotatable bonds is 6. The van der Waals surface area contributed by atoms with Gasteiger partial charge in [-0.1, -0.05) is 17.7 Å². The molecule has 3 N–H and O–H groups in total. The number of nitrogens with two attached hydrogens (primary N) is 1. The maximum Gasteiger partial charge on any atom is 0.253 e. The molecule has 6 nitrogen and oxygen atoms in total. The van der Waals surface area contributed by atoms with Crippen LogP contribution < -0.4 is 15.8 Å². The first kappa shape index (κ1) is 23.5. The molecule has 0 spiro atoms. The molecule has 0 unspecified atom stereocenters. The number of hydrogen-bond acceptors (Lipinski definition) is 5. The van der Waals surface area contributed by atoms with Crippen molar-refractivity contribution in [1.29, 1.82) is 0 Å². The number of hydrogen-bond donors (Lipinski definition) is 2. The molecule has 0 aliphatic carbocycles. The molecule has 9 heteroatoms. The van der Waals surface area contributed by atoms with Crippen LogP contribution in [0, 0.1) is 0 Å². The van der Waals surface area contributed by atoms with Gasteiger partial charge in [-0.2, -0.15) is 0 Å². The zero-order chi connectivity index (χ0) is 17.6. The Morgan fingerprint density at radius 2 is 2.11 bits per heavy atom. The number of carbonyl (C=O) groups is 1. The minimum Gasteiger partial charge on any atom is -0.486 e. The summed E-state index contributed by atoms with van der Waals surface area (Å²) in [5.41, 5.74) is 6.97. The van der Waals surface area contributed by atoms with Gasteiger partial charge < -0.3 is 20.5 Å². The van der Waals surface area contributed by atoms with Gasteiger partial charge in [-0.3, -0.25) is 9.78 Å². The quantitative estimate of drug-likeness (QED) is 0.725. The molecule has 148 valence electrons. The second kappa shape index (κ2) is 11.3. The summed E-state index contributed by atoms with van der Waals surface area (Å²) in [4.78, 5) is 16.4. The van der Waals surface area contributed by atoms with Crippen molar-refractivity contribution in [2.45, 2.75) is 31.7 Å². The van der Waals surface area contributed by atoms with Crippen molar-refractivity contribution in [3.63, 3.8) is 0 Å². The Kier molecular flexibility index (Phi) is 9.83. The number of nitrogens with one attached hydrogen (secondary N) is 1. The van der Waals surface area contributed by atoms with E-state index in [9.17, 15) is 4.79 Å². The van der Waals surface area contributed by atoms with Crippen molar-refractivity contribution in [3.05, 3.63) is 53.3 Å². The summed E-state index contributed by atoms with van der Waals surface area (Å²) < 4.78 is 11.2. The van der Waals surface area contributed by atoms with Crippen molar-refractivity contribution < 1.29 is 14.3 Å².